The minimum atomic E-state index is 0.121. The van der Waals surface area contributed by atoms with Gasteiger partial charge in [0.15, 0.2) is 0 Å². The van der Waals surface area contributed by atoms with E-state index in [9.17, 15) is 4.79 Å². The van der Waals surface area contributed by atoms with Gasteiger partial charge in [-0.1, -0.05) is 30.3 Å². The van der Waals surface area contributed by atoms with Gasteiger partial charge in [-0.2, -0.15) is 0 Å². The molecule has 1 aliphatic rings. The van der Waals surface area contributed by atoms with Crippen molar-refractivity contribution in [2.24, 2.45) is 0 Å². The standard InChI is InChI=1S/C19H25N3O/c1-21(14-11-16-7-3-2-4-8-16)17-9-6-13-22(15-17)19(23)18-10-5-12-20-18/h2-5,7-8,10,12,17,20H,6,9,11,13-15H2,1H3/t17-/m1/s1. The van der Waals surface area contributed by atoms with Gasteiger partial charge in [0.25, 0.3) is 5.91 Å². The van der Waals surface area contributed by atoms with E-state index in [-0.39, 0.29) is 5.91 Å². The number of amides is 1. The van der Waals surface area contributed by atoms with Gasteiger partial charge in [0, 0.05) is 31.9 Å². The molecule has 1 amide bonds. The number of nitrogens with zero attached hydrogens (tertiary/aromatic N) is 2. The van der Waals surface area contributed by atoms with Crippen molar-refractivity contribution in [3.05, 3.63) is 59.9 Å². The highest BCUT2D eigenvalue weighted by Crippen LogP contribution is 2.17. The van der Waals surface area contributed by atoms with Crippen molar-refractivity contribution in [2.75, 3.05) is 26.7 Å². The Morgan fingerprint density at radius 3 is 2.83 bits per heavy atom. The molecule has 2 aromatic rings. The lowest BCUT2D eigenvalue weighted by Crippen LogP contribution is -2.49. The normalized spacial score (nSPS) is 18.3. The van der Waals surface area contributed by atoms with Crippen molar-refractivity contribution >= 4 is 5.91 Å². The fraction of sp³-hybridized carbons (Fsp3) is 0.421. The summed E-state index contributed by atoms with van der Waals surface area (Å²) in [6.07, 6.45) is 5.10. The Labute approximate surface area is 138 Å². The minimum absolute atomic E-state index is 0.121. The van der Waals surface area contributed by atoms with Crippen molar-refractivity contribution < 1.29 is 4.79 Å². The number of carbonyl (C=O) groups excluding carboxylic acids is 1. The number of hydrogen-bond acceptors (Lipinski definition) is 2. The van der Waals surface area contributed by atoms with E-state index in [1.165, 1.54) is 12.0 Å². The topological polar surface area (TPSA) is 39.3 Å². The lowest BCUT2D eigenvalue weighted by Gasteiger charge is -2.37. The van der Waals surface area contributed by atoms with Crippen LogP contribution in [0.5, 0.6) is 0 Å². The highest BCUT2D eigenvalue weighted by molar-refractivity contribution is 5.92. The van der Waals surface area contributed by atoms with Crippen LogP contribution in [0.1, 0.15) is 28.9 Å². The first kappa shape index (κ1) is 15.8. The quantitative estimate of drug-likeness (QED) is 0.922. The summed E-state index contributed by atoms with van der Waals surface area (Å²) in [6, 6.07) is 14.8. The summed E-state index contributed by atoms with van der Waals surface area (Å²) >= 11 is 0. The number of H-pyrrole nitrogens is 1. The molecule has 0 aliphatic carbocycles. The first-order chi connectivity index (χ1) is 11.2. The number of hydrogen-bond donors (Lipinski definition) is 1. The van der Waals surface area contributed by atoms with E-state index >= 15 is 0 Å². The van der Waals surface area contributed by atoms with Gasteiger partial charge in [-0.05, 0) is 44.0 Å². The average molecular weight is 311 g/mol. The van der Waals surface area contributed by atoms with E-state index in [0.29, 0.717) is 11.7 Å². The predicted octanol–water partition coefficient (Wildman–Crippen LogP) is 2.79. The number of likely N-dealkylation sites (N-methyl/N-ethyl adjacent to an activating group) is 1. The van der Waals surface area contributed by atoms with Crippen molar-refractivity contribution in [1.29, 1.82) is 0 Å². The van der Waals surface area contributed by atoms with Crippen LogP contribution in [0.15, 0.2) is 48.7 Å². The highest BCUT2D eigenvalue weighted by atomic mass is 16.2. The van der Waals surface area contributed by atoms with Gasteiger partial charge in [0.05, 0.1) is 0 Å². The molecule has 0 radical (unpaired) electrons. The van der Waals surface area contributed by atoms with Crippen LogP contribution in [0.4, 0.5) is 0 Å². The van der Waals surface area contributed by atoms with Crippen LogP contribution in [-0.2, 0) is 6.42 Å². The zero-order valence-corrected chi connectivity index (χ0v) is 13.7. The monoisotopic (exact) mass is 311 g/mol. The van der Waals surface area contributed by atoms with Crippen molar-refractivity contribution in [3.63, 3.8) is 0 Å². The summed E-state index contributed by atoms with van der Waals surface area (Å²) in [5, 5.41) is 0. The second kappa shape index (κ2) is 7.47. The van der Waals surface area contributed by atoms with Crippen LogP contribution in [0.2, 0.25) is 0 Å². The minimum Gasteiger partial charge on any atom is -0.357 e. The third-order valence-corrected chi connectivity index (χ3v) is 4.73. The van der Waals surface area contributed by atoms with Gasteiger partial charge < -0.3 is 14.8 Å². The van der Waals surface area contributed by atoms with Crippen LogP contribution in [0.3, 0.4) is 0 Å². The summed E-state index contributed by atoms with van der Waals surface area (Å²) < 4.78 is 0. The molecule has 1 aliphatic heterocycles. The molecule has 122 valence electrons. The number of rotatable bonds is 5. The third kappa shape index (κ3) is 4.02. The van der Waals surface area contributed by atoms with Gasteiger partial charge >= 0.3 is 0 Å². The van der Waals surface area contributed by atoms with Crippen LogP contribution >= 0.6 is 0 Å². The van der Waals surface area contributed by atoms with Gasteiger partial charge in [0.1, 0.15) is 5.69 Å². The maximum Gasteiger partial charge on any atom is 0.270 e. The summed E-state index contributed by atoms with van der Waals surface area (Å²) in [4.78, 5) is 19.9. The van der Waals surface area contributed by atoms with Crippen LogP contribution in [0, 0.1) is 0 Å². The smallest absolute Gasteiger partial charge is 0.270 e. The number of aromatic nitrogens is 1. The SMILES string of the molecule is CN(CCc1ccccc1)[C@@H]1CCCN(C(=O)c2ccc[nH]2)C1. The molecule has 0 unspecified atom stereocenters. The zero-order valence-electron chi connectivity index (χ0n) is 13.7. The first-order valence-corrected chi connectivity index (χ1v) is 8.41. The number of nitrogens with one attached hydrogen (secondary N) is 1. The molecule has 1 fully saturated rings. The molecule has 4 heteroatoms. The maximum absolute atomic E-state index is 12.5. The second-order valence-electron chi connectivity index (χ2n) is 6.35. The molecule has 1 atom stereocenters. The number of carbonyl (C=O) groups is 1. The molecule has 1 aromatic heterocycles. The van der Waals surface area contributed by atoms with E-state index in [0.717, 1.165) is 32.5 Å². The van der Waals surface area contributed by atoms with Crippen LogP contribution in [0.25, 0.3) is 0 Å². The lowest BCUT2D eigenvalue weighted by atomic mass is 10.0. The van der Waals surface area contributed by atoms with Gasteiger partial charge in [0.2, 0.25) is 0 Å². The van der Waals surface area contributed by atoms with Crippen molar-refractivity contribution in [1.82, 2.24) is 14.8 Å². The van der Waals surface area contributed by atoms with E-state index in [4.69, 9.17) is 0 Å². The highest BCUT2D eigenvalue weighted by Gasteiger charge is 2.26. The van der Waals surface area contributed by atoms with E-state index in [1.807, 2.05) is 17.0 Å². The molecule has 23 heavy (non-hydrogen) atoms. The average Bonchev–Trinajstić information content (AvgIpc) is 3.14. The maximum atomic E-state index is 12.5. The Balaban J connectivity index is 1.54. The second-order valence-corrected chi connectivity index (χ2v) is 6.35. The third-order valence-electron chi connectivity index (χ3n) is 4.73. The molecular formula is C19H25N3O. The predicted molar refractivity (Wildman–Crippen MR) is 92.5 cm³/mol. The number of benzene rings is 1. The summed E-state index contributed by atoms with van der Waals surface area (Å²) in [6.45, 7) is 2.71. The van der Waals surface area contributed by atoms with E-state index in [2.05, 4.69) is 47.3 Å². The van der Waals surface area contributed by atoms with Gasteiger partial charge in [-0.3, -0.25) is 4.79 Å². The largest absolute Gasteiger partial charge is 0.357 e. The number of likely N-dealkylation sites (tertiary alicyclic amines) is 1. The molecule has 4 nitrogen and oxygen atoms in total. The first-order valence-electron chi connectivity index (χ1n) is 8.41. The van der Waals surface area contributed by atoms with Gasteiger partial charge in [-0.25, -0.2) is 0 Å². The Bertz CT molecular complexity index is 609. The summed E-state index contributed by atoms with van der Waals surface area (Å²) in [7, 11) is 2.18. The Hall–Kier alpha value is -2.07. The van der Waals surface area contributed by atoms with Gasteiger partial charge in [-0.15, -0.1) is 0 Å². The summed E-state index contributed by atoms with van der Waals surface area (Å²) in [5.74, 6) is 0.121. The van der Waals surface area contributed by atoms with Crippen LogP contribution in [-0.4, -0.2) is 53.4 Å². The summed E-state index contributed by atoms with van der Waals surface area (Å²) in [5.41, 5.74) is 2.06. The fourth-order valence-corrected chi connectivity index (χ4v) is 3.27. The molecule has 2 heterocycles. The molecule has 3 rings (SSSR count). The Morgan fingerprint density at radius 2 is 2.09 bits per heavy atom. The fourth-order valence-electron chi connectivity index (χ4n) is 3.27. The molecule has 0 saturated carbocycles. The molecule has 1 saturated heterocycles. The molecule has 1 N–H and O–H groups in total. The van der Waals surface area contributed by atoms with Crippen molar-refractivity contribution in [3.8, 4) is 0 Å². The van der Waals surface area contributed by atoms with E-state index < -0.39 is 0 Å². The Morgan fingerprint density at radius 1 is 1.26 bits per heavy atom. The zero-order chi connectivity index (χ0) is 16.1. The lowest BCUT2D eigenvalue weighted by molar-refractivity contribution is 0.0606. The number of piperidine rings is 1. The molecule has 1 aromatic carbocycles. The van der Waals surface area contributed by atoms with Crippen LogP contribution < -0.4 is 0 Å². The molecular weight excluding hydrogens is 286 g/mol. The van der Waals surface area contributed by atoms with Crippen molar-refractivity contribution in [2.45, 2.75) is 25.3 Å². The number of aromatic amines is 1. The molecule has 0 bridgehead atoms. The Kier molecular flexibility index (Phi) is 5.13. The van der Waals surface area contributed by atoms with E-state index in [1.54, 1.807) is 6.20 Å². The molecule has 0 spiro atoms.